The summed E-state index contributed by atoms with van der Waals surface area (Å²) in [6.07, 6.45) is 0. The van der Waals surface area contributed by atoms with E-state index in [0.29, 0.717) is 5.75 Å². The van der Waals surface area contributed by atoms with Gasteiger partial charge in [-0.05, 0) is 16.7 Å². The maximum Gasteiger partial charge on any atom is 0.0907 e. The number of aliphatic hydroxyl groups is 1. The molecule has 0 aliphatic rings. The van der Waals surface area contributed by atoms with Gasteiger partial charge in [-0.2, -0.15) is 0 Å². The molecule has 2 nitrogen and oxygen atoms in total. The van der Waals surface area contributed by atoms with Crippen molar-refractivity contribution in [3.05, 3.63) is 108 Å². The van der Waals surface area contributed by atoms with Crippen molar-refractivity contribution >= 4 is 11.8 Å². The summed E-state index contributed by atoms with van der Waals surface area (Å²) in [5.74, 6) is 0.662. The molecular formula is C22H23NOS. The van der Waals surface area contributed by atoms with E-state index < -0.39 is 0 Å². The molecular weight excluding hydrogens is 326 g/mol. The van der Waals surface area contributed by atoms with Crippen molar-refractivity contribution < 1.29 is 5.11 Å². The van der Waals surface area contributed by atoms with Crippen LogP contribution in [0.5, 0.6) is 0 Å². The standard InChI is InChI=1S/C22H23NOS/c23-21(16-24)17-25-22(18-10-4-1-5-11-18,19-12-6-2-7-13-19)20-14-8-3-9-15-20/h1-15,21,24H,16-17,23H2. The van der Waals surface area contributed by atoms with Crippen LogP contribution >= 0.6 is 11.8 Å². The summed E-state index contributed by atoms with van der Waals surface area (Å²) in [5, 5.41) is 9.40. The molecule has 1 unspecified atom stereocenters. The van der Waals surface area contributed by atoms with Crippen LogP contribution in [0.1, 0.15) is 16.7 Å². The van der Waals surface area contributed by atoms with E-state index in [2.05, 4.69) is 72.8 Å². The molecule has 0 saturated heterocycles. The molecule has 0 heterocycles. The molecule has 3 aromatic carbocycles. The van der Waals surface area contributed by atoms with Gasteiger partial charge in [0.2, 0.25) is 0 Å². The lowest BCUT2D eigenvalue weighted by molar-refractivity contribution is 0.275. The average molecular weight is 349 g/mol. The van der Waals surface area contributed by atoms with Crippen LogP contribution < -0.4 is 5.73 Å². The fourth-order valence-electron chi connectivity index (χ4n) is 3.05. The fraction of sp³-hybridized carbons (Fsp3) is 0.182. The lowest BCUT2D eigenvalue weighted by atomic mass is 9.84. The molecule has 0 fully saturated rings. The molecule has 0 aliphatic carbocycles. The van der Waals surface area contributed by atoms with Gasteiger partial charge in [0.15, 0.2) is 0 Å². The van der Waals surface area contributed by atoms with Gasteiger partial charge in [0.1, 0.15) is 0 Å². The summed E-state index contributed by atoms with van der Waals surface area (Å²) in [6.45, 7) is -0.0125. The van der Waals surface area contributed by atoms with E-state index >= 15 is 0 Å². The second-order valence-electron chi connectivity index (χ2n) is 6.03. The zero-order chi connectivity index (χ0) is 17.5. The maximum atomic E-state index is 9.40. The lowest BCUT2D eigenvalue weighted by Gasteiger charge is -2.36. The summed E-state index contributed by atoms with van der Waals surface area (Å²) < 4.78 is -0.365. The highest BCUT2D eigenvalue weighted by Gasteiger charge is 2.37. The molecule has 1 atom stereocenters. The van der Waals surface area contributed by atoms with E-state index in [-0.39, 0.29) is 17.4 Å². The number of nitrogens with two attached hydrogens (primary N) is 1. The van der Waals surface area contributed by atoms with Crippen molar-refractivity contribution in [2.24, 2.45) is 5.73 Å². The summed E-state index contributed by atoms with van der Waals surface area (Å²) in [5.41, 5.74) is 9.68. The molecule has 0 amide bonds. The number of aliphatic hydroxyl groups excluding tert-OH is 1. The monoisotopic (exact) mass is 349 g/mol. The van der Waals surface area contributed by atoms with Gasteiger partial charge in [0, 0.05) is 11.8 Å². The lowest BCUT2D eigenvalue weighted by Crippen LogP contribution is -2.32. The Hall–Kier alpha value is -2.07. The molecule has 0 aliphatic heterocycles. The van der Waals surface area contributed by atoms with Gasteiger partial charge < -0.3 is 10.8 Å². The fourth-order valence-corrected chi connectivity index (χ4v) is 4.53. The molecule has 3 N–H and O–H groups in total. The van der Waals surface area contributed by atoms with Crippen LogP contribution in [0.3, 0.4) is 0 Å². The number of thioether (sulfide) groups is 1. The van der Waals surface area contributed by atoms with E-state index in [1.807, 2.05) is 18.2 Å². The molecule has 0 spiro atoms. The Morgan fingerprint density at radius 1 is 0.720 bits per heavy atom. The molecule has 0 radical (unpaired) electrons. The van der Waals surface area contributed by atoms with Crippen LogP contribution in [0.2, 0.25) is 0 Å². The van der Waals surface area contributed by atoms with Crippen LogP contribution in [-0.2, 0) is 4.75 Å². The third-order valence-corrected chi connectivity index (χ3v) is 6.02. The topological polar surface area (TPSA) is 46.2 Å². The first kappa shape index (κ1) is 17.7. The number of rotatable bonds is 7. The van der Waals surface area contributed by atoms with Crippen molar-refractivity contribution in [1.29, 1.82) is 0 Å². The second-order valence-corrected chi connectivity index (χ2v) is 7.27. The third-order valence-electron chi connectivity index (χ3n) is 4.29. The molecule has 0 aromatic heterocycles. The van der Waals surface area contributed by atoms with Crippen molar-refractivity contribution in [1.82, 2.24) is 0 Å². The van der Waals surface area contributed by atoms with Crippen LogP contribution in [0.4, 0.5) is 0 Å². The minimum Gasteiger partial charge on any atom is -0.395 e. The van der Waals surface area contributed by atoms with E-state index in [0.717, 1.165) is 0 Å². The van der Waals surface area contributed by atoms with Crippen molar-refractivity contribution in [3.63, 3.8) is 0 Å². The van der Waals surface area contributed by atoms with Crippen LogP contribution in [0.25, 0.3) is 0 Å². The van der Waals surface area contributed by atoms with Crippen molar-refractivity contribution in [2.75, 3.05) is 12.4 Å². The zero-order valence-corrected chi connectivity index (χ0v) is 14.9. The second kappa shape index (κ2) is 8.34. The number of hydrogen-bond donors (Lipinski definition) is 2. The maximum absolute atomic E-state index is 9.40. The Kier molecular flexibility index (Phi) is 5.92. The normalized spacial score (nSPS) is 12.7. The molecule has 3 rings (SSSR count). The van der Waals surface area contributed by atoms with E-state index in [4.69, 9.17) is 5.73 Å². The Labute approximate surface area is 153 Å². The zero-order valence-electron chi connectivity index (χ0n) is 14.1. The SMILES string of the molecule is NC(CO)CSC(c1ccccc1)(c1ccccc1)c1ccccc1. The highest BCUT2D eigenvalue weighted by molar-refractivity contribution is 8.00. The van der Waals surface area contributed by atoms with Crippen molar-refractivity contribution in [3.8, 4) is 0 Å². The molecule has 3 aromatic rings. The van der Waals surface area contributed by atoms with Gasteiger partial charge in [0.25, 0.3) is 0 Å². The molecule has 3 heteroatoms. The summed E-state index contributed by atoms with van der Waals surface area (Å²) in [7, 11) is 0. The van der Waals surface area contributed by atoms with Gasteiger partial charge in [0.05, 0.1) is 11.4 Å². The minimum atomic E-state index is -0.365. The van der Waals surface area contributed by atoms with E-state index in [1.165, 1.54) is 16.7 Å². The van der Waals surface area contributed by atoms with E-state index in [1.54, 1.807) is 11.8 Å². The predicted octanol–water partition coefficient (Wildman–Crippen LogP) is 4.03. The Morgan fingerprint density at radius 2 is 1.08 bits per heavy atom. The van der Waals surface area contributed by atoms with E-state index in [9.17, 15) is 5.11 Å². The highest BCUT2D eigenvalue weighted by Crippen LogP contribution is 2.48. The summed E-state index contributed by atoms with van der Waals surface area (Å²) in [6, 6.07) is 31.3. The smallest absolute Gasteiger partial charge is 0.0907 e. The van der Waals surface area contributed by atoms with Gasteiger partial charge in [-0.1, -0.05) is 91.0 Å². The first-order valence-corrected chi connectivity index (χ1v) is 9.43. The van der Waals surface area contributed by atoms with Gasteiger partial charge in [-0.3, -0.25) is 0 Å². The summed E-state index contributed by atoms with van der Waals surface area (Å²) in [4.78, 5) is 0. The first-order valence-electron chi connectivity index (χ1n) is 8.44. The average Bonchev–Trinajstić information content (AvgIpc) is 2.71. The predicted molar refractivity (Wildman–Crippen MR) is 107 cm³/mol. The Balaban J connectivity index is 2.20. The van der Waals surface area contributed by atoms with Crippen LogP contribution in [-0.4, -0.2) is 23.5 Å². The van der Waals surface area contributed by atoms with Crippen LogP contribution in [0, 0.1) is 0 Å². The number of hydrogen-bond acceptors (Lipinski definition) is 3. The highest BCUT2D eigenvalue weighted by atomic mass is 32.2. The first-order chi connectivity index (χ1) is 12.3. The van der Waals surface area contributed by atoms with Crippen molar-refractivity contribution in [2.45, 2.75) is 10.8 Å². The third kappa shape index (κ3) is 3.79. The van der Waals surface area contributed by atoms with Gasteiger partial charge >= 0.3 is 0 Å². The Bertz CT molecular complexity index is 665. The molecule has 25 heavy (non-hydrogen) atoms. The largest absolute Gasteiger partial charge is 0.395 e. The molecule has 0 bridgehead atoms. The molecule has 128 valence electrons. The Morgan fingerprint density at radius 3 is 1.40 bits per heavy atom. The molecule has 0 saturated carbocycles. The number of benzene rings is 3. The van der Waals surface area contributed by atoms with Gasteiger partial charge in [-0.15, -0.1) is 11.8 Å². The quantitative estimate of drug-likeness (QED) is 0.633. The van der Waals surface area contributed by atoms with Crippen LogP contribution in [0.15, 0.2) is 91.0 Å². The van der Waals surface area contributed by atoms with Gasteiger partial charge in [-0.25, -0.2) is 0 Å². The summed E-state index contributed by atoms with van der Waals surface area (Å²) >= 11 is 1.78. The minimum absolute atomic E-state index is 0.0125.